The zero-order valence-corrected chi connectivity index (χ0v) is 15.6. The Bertz CT molecular complexity index is 1020. The first-order valence-electron chi connectivity index (χ1n) is 8.76. The summed E-state index contributed by atoms with van der Waals surface area (Å²) in [4.78, 5) is 15.3. The lowest BCUT2D eigenvalue weighted by Crippen LogP contribution is -2.17. The number of Topliss-reactive ketones (excluding diaryl/α,β-unsaturated/α-hetero) is 1. The highest BCUT2D eigenvalue weighted by Crippen LogP contribution is 2.43. The van der Waals surface area contributed by atoms with Gasteiger partial charge in [-0.05, 0) is 17.7 Å². The molecule has 0 atom stereocenters. The second-order valence-electron chi connectivity index (χ2n) is 6.50. The van der Waals surface area contributed by atoms with Crippen molar-refractivity contribution in [2.24, 2.45) is 15.3 Å². The van der Waals surface area contributed by atoms with Crippen LogP contribution < -0.4 is 4.74 Å². The minimum absolute atomic E-state index is 0.0446. The lowest BCUT2D eigenvalue weighted by Gasteiger charge is -2.15. The van der Waals surface area contributed by atoms with E-state index in [4.69, 9.17) is 10.3 Å². The third kappa shape index (κ3) is 3.98. The summed E-state index contributed by atoms with van der Waals surface area (Å²) in [6, 6.07) is 7.80. The molecule has 29 heavy (non-hydrogen) atoms. The van der Waals surface area contributed by atoms with Crippen molar-refractivity contribution < 1.29 is 24.9 Å². The molecule has 3 rings (SSSR count). The average molecular weight is 397 g/mol. The molecule has 0 aromatic heterocycles. The van der Waals surface area contributed by atoms with Crippen LogP contribution in [0.1, 0.15) is 28.8 Å². The van der Waals surface area contributed by atoms with E-state index in [1.165, 1.54) is 19.2 Å². The highest BCUT2D eigenvalue weighted by Gasteiger charge is 2.39. The molecule has 0 bridgehead atoms. The van der Waals surface area contributed by atoms with Gasteiger partial charge < -0.3 is 20.1 Å². The van der Waals surface area contributed by atoms with Crippen LogP contribution in [0, 0.1) is 0 Å². The van der Waals surface area contributed by atoms with Crippen LogP contribution in [0.4, 0.5) is 0 Å². The Hall–Kier alpha value is -3.62. The van der Waals surface area contributed by atoms with Crippen LogP contribution in [-0.4, -0.2) is 40.4 Å². The number of para-hydroxylation sites is 1. The van der Waals surface area contributed by atoms with Crippen LogP contribution >= 0.6 is 0 Å². The number of rotatable bonds is 9. The van der Waals surface area contributed by atoms with Crippen LogP contribution in [0.3, 0.4) is 0 Å². The third-order valence-electron chi connectivity index (χ3n) is 4.77. The number of nitrogens with zero attached hydrogens (tertiary/aromatic N) is 5. The molecule has 0 radical (unpaired) electrons. The summed E-state index contributed by atoms with van der Waals surface area (Å²) in [5.74, 6) is -0.546. The summed E-state index contributed by atoms with van der Waals surface area (Å²) in [6.07, 6.45) is 0.305. The normalized spacial score (nSPS) is 13.6. The molecule has 0 saturated carbocycles. The number of aromatic hydroxyl groups is 2. The molecule has 10 heteroatoms. The highest BCUT2D eigenvalue weighted by molar-refractivity contribution is 5.99. The largest absolute Gasteiger partial charge is 0.507 e. The lowest BCUT2D eigenvalue weighted by atomic mass is 9.93. The maximum atomic E-state index is 12.7. The monoisotopic (exact) mass is 397 g/mol. The molecular weight excluding hydrogens is 378 g/mol. The number of ketones is 1. The SMILES string of the molecule is COc1cccc(-c2ccc(C(=O)CCC3(CN=[N+]=[N-])N=N3)c(CO)c2O)c1O. The predicted molar refractivity (Wildman–Crippen MR) is 103 cm³/mol. The second kappa shape index (κ2) is 8.17. The average Bonchev–Trinajstić information content (AvgIpc) is 3.51. The van der Waals surface area contributed by atoms with E-state index in [9.17, 15) is 20.1 Å². The van der Waals surface area contributed by atoms with E-state index in [-0.39, 0.29) is 59.1 Å². The first-order chi connectivity index (χ1) is 14.0. The minimum atomic E-state index is -0.852. The summed E-state index contributed by atoms with van der Waals surface area (Å²) < 4.78 is 5.08. The van der Waals surface area contributed by atoms with Crippen LogP contribution in [0.25, 0.3) is 21.6 Å². The van der Waals surface area contributed by atoms with Crippen molar-refractivity contribution in [3.8, 4) is 28.4 Å². The molecule has 0 saturated heterocycles. The van der Waals surface area contributed by atoms with Crippen molar-refractivity contribution in [3.05, 3.63) is 51.9 Å². The van der Waals surface area contributed by atoms with Gasteiger partial charge in [0, 0.05) is 40.0 Å². The van der Waals surface area contributed by atoms with Crippen molar-refractivity contribution >= 4 is 5.78 Å². The van der Waals surface area contributed by atoms with Gasteiger partial charge in [-0.1, -0.05) is 23.3 Å². The molecule has 10 nitrogen and oxygen atoms in total. The van der Waals surface area contributed by atoms with Gasteiger partial charge in [0.1, 0.15) is 5.75 Å². The number of aliphatic hydroxyl groups excluding tert-OH is 1. The second-order valence-corrected chi connectivity index (χ2v) is 6.50. The Morgan fingerprint density at radius 3 is 2.55 bits per heavy atom. The Morgan fingerprint density at radius 1 is 1.21 bits per heavy atom. The number of aliphatic hydroxyl groups is 1. The van der Waals surface area contributed by atoms with Crippen LogP contribution in [0.2, 0.25) is 0 Å². The van der Waals surface area contributed by atoms with Gasteiger partial charge in [0.15, 0.2) is 22.9 Å². The summed E-state index contributed by atoms with van der Waals surface area (Å²) in [5, 5.41) is 41.9. The van der Waals surface area contributed by atoms with Gasteiger partial charge in [0.25, 0.3) is 0 Å². The van der Waals surface area contributed by atoms with Gasteiger partial charge >= 0.3 is 0 Å². The molecule has 3 N–H and O–H groups in total. The molecule has 150 valence electrons. The number of carbonyl (C=O) groups is 1. The number of phenols is 2. The molecule has 0 fully saturated rings. The van der Waals surface area contributed by atoms with Gasteiger partial charge in [-0.25, -0.2) is 0 Å². The number of carbonyl (C=O) groups excluding carboxylic acids is 1. The summed E-state index contributed by atoms with van der Waals surface area (Å²) >= 11 is 0. The van der Waals surface area contributed by atoms with E-state index >= 15 is 0 Å². The third-order valence-corrected chi connectivity index (χ3v) is 4.77. The zero-order chi connectivity index (χ0) is 21.0. The number of phenolic OH excluding ortho intramolecular Hbond substituents is 1. The summed E-state index contributed by atoms with van der Waals surface area (Å²) in [7, 11) is 1.41. The minimum Gasteiger partial charge on any atom is -0.507 e. The Labute approximate surface area is 165 Å². The topological polar surface area (TPSA) is 160 Å². The van der Waals surface area contributed by atoms with Crippen molar-refractivity contribution in [1.82, 2.24) is 0 Å². The Morgan fingerprint density at radius 2 is 1.93 bits per heavy atom. The van der Waals surface area contributed by atoms with Crippen molar-refractivity contribution in [3.63, 3.8) is 0 Å². The Kier molecular flexibility index (Phi) is 5.67. The lowest BCUT2D eigenvalue weighted by molar-refractivity contribution is 0.0972. The summed E-state index contributed by atoms with van der Waals surface area (Å²) in [5.41, 5.74) is 8.34. The Balaban J connectivity index is 1.87. The smallest absolute Gasteiger partial charge is 0.197 e. The molecule has 2 aromatic carbocycles. The van der Waals surface area contributed by atoms with Crippen molar-refractivity contribution in [2.45, 2.75) is 25.1 Å². The number of hydrogen-bond acceptors (Lipinski definition) is 8. The first kappa shape index (κ1) is 20.1. The fourth-order valence-corrected chi connectivity index (χ4v) is 3.09. The maximum absolute atomic E-state index is 12.7. The van der Waals surface area contributed by atoms with E-state index in [1.54, 1.807) is 18.2 Å². The number of ether oxygens (including phenoxy) is 1. The molecule has 0 spiro atoms. The molecule has 0 aliphatic carbocycles. The molecule has 1 aliphatic rings. The van der Waals surface area contributed by atoms with Gasteiger partial charge in [0.2, 0.25) is 0 Å². The number of hydrogen-bond donors (Lipinski definition) is 3. The van der Waals surface area contributed by atoms with E-state index in [1.807, 2.05) is 0 Å². The first-order valence-corrected chi connectivity index (χ1v) is 8.76. The van der Waals surface area contributed by atoms with Crippen molar-refractivity contribution in [2.75, 3.05) is 13.7 Å². The van der Waals surface area contributed by atoms with Gasteiger partial charge in [0.05, 0.1) is 20.3 Å². The molecule has 1 aliphatic heterocycles. The number of methoxy groups -OCH3 is 1. The van der Waals surface area contributed by atoms with E-state index < -0.39 is 12.3 Å². The van der Waals surface area contributed by atoms with Gasteiger partial charge in [-0.3, -0.25) is 4.79 Å². The molecule has 1 heterocycles. The van der Waals surface area contributed by atoms with E-state index in [0.717, 1.165) is 0 Å². The number of azide groups is 1. The summed E-state index contributed by atoms with van der Waals surface area (Å²) in [6.45, 7) is -0.521. The fourth-order valence-electron chi connectivity index (χ4n) is 3.09. The molecule has 0 amide bonds. The standard InChI is InChI=1S/C19H19N5O5/c1-29-16-4-2-3-12(18(16)28)13-6-5-11(14(9-25)17(13)27)15(26)7-8-19(22-23-19)10-21-24-20/h2-6,25,27-28H,7-10H2,1H3. The van der Waals surface area contributed by atoms with Crippen LogP contribution in [0.15, 0.2) is 45.7 Å². The number of benzene rings is 2. The molecular formula is C19H19N5O5. The highest BCUT2D eigenvalue weighted by atomic mass is 16.5. The van der Waals surface area contributed by atoms with Crippen molar-refractivity contribution in [1.29, 1.82) is 0 Å². The zero-order valence-electron chi connectivity index (χ0n) is 15.6. The van der Waals surface area contributed by atoms with Crippen LogP contribution in [0.5, 0.6) is 17.2 Å². The fraction of sp³-hybridized carbons (Fsp3) is 0.316. The van der Waals surface area contributed by atoms with Crippen LogP contribution in [-0.2, 0) is 6.61 Å². The molecule has 0 unspecified atom stereocenters. The van der Waals surface area contributed by atoms with Gasteiger partial charge in [-0.15, -0.1) is 0 Å². The van der Waals surface area contributed by atoms with E-state index in [0.29, 0.717) is 5.56 Å². The predicted octanol–water partition coefficient (Wildman–Crippen LogP) is 3.70. The van der Waals surface area contributed by atoms with E-state index in [2.05, 4.69) is 20.3 Å². The quantitative estimate of drug-likeness (QED) is 0.254. The molecule has 2 aromatic rings. The van der Waals surface area contributed by atoms with Gasteiger partial charge in [-0.2, -0.15) is 10.2 Å². The maximum Gasteiger partial charge on any atom is 0.197 e.